The molecule has 5 rings (SSSR count). The van der Waals surface area contributed by atoms with Gasteiger partial charge in [-0.1, -0.05) is 36.7 Å². The van der Waals surface area contributed by atoms with Gasteiger partial charge in [0.05, 0.1) is 11.3 Å². The molecule has 0 fully saturated rings. The zero-order valence-electron chi connectivity index (χ0n) is 15.5. The largest absolute Gasteiger partial charge is 0.286 e. The predicted octanol–water partition coefficient (Wildman–Crippen LogP) is 3.71. The highest BCUT2D eigenvalue weighted by molar-refractivity contribution is 6.30. The van der Waals surface area contributed by atoms with Crippen LogP contribution in [0, 0.1) is 0 Å². The van der Waals surface area contributed by atoms with E-state index in [1.807, 2.05) is 43.3 Å². The van der Waals surface area contributed by atoms with Crippen LogP contribution in [0.5, 0.6) is 0 Å². The lowest BCUT2D eigenvalue weighted by molar-refractivity contribution is 0.881. The first-order valence-electron chi connectivity index (χ1n) is 9.14. The Morgan fingerprint density at radius 2 is 1.86 bits per heavy atom. The quantitative estimate of drug-likeness (QED) is 0.459. The van der Waals surface area contributed by atoms with Gasteiger partial charge < -0.3 is 0 Å². The third kappa shape index (κ3) is 2.78. The van der Waals surface area contributed by atoms with Gasteiger partial charge in [0.15, 0.2) is 11.2 Å². The van der Waals surface area contributed by atoms with Crippen molar-refractivity contribution in [2.75, 3.05) is 0 Å². The van der Waals surface area contributed by atoms with Gasteiger partial charge in [-0.25, -0.2) is 9.50 Å². The first kappa shape index (κ1) is 17.5. The predicted molar refractivity (Wildman–Crippen MR) is 112 cm³/mol. The lowest BCUT2D eigenvalue weighted by Crippen LogP contribution is -2.20. The summed E-state index contributed by atoms with van der Waals surface area (Å²) in [6.45, 7) is 2.03. The Labute approximate surface area is 170 Å². The van der Waals surface area contributed by atoms with Crippen LogP contribution in [0.25, 0.3) is 33.6 Å². The molecule has 0 unspecified atom stereocenters. The van der Waals surface area contributed by atoms with Crippen molar-refractivity contribution in [1.82, 2.24) is 29.4 Å². The minimum Gasteiger partial charge on any atom is -0.266 e. The third-order valence-corrected chi connectivity index (χ3v) is 5.07. The molecule has 0 saturated carbocycles. The summed E-state index contributed by atoms with van der Waals surface area (Å²) in [6, 6.07) is 14.7. The summed E-state index contributed by atoms with van der Waals surface area (Å²) in [5.41, 5.74) is 3.87. The molecule has 0 aliphatic rings. The summed E-state index contributed by atoms with van der Waals surface area (Å²) < 4.78 is 3.14. The van der Waals surface area contributed by atoms with Crippen molar-refractivity contribution in [3.63, 3.8) is 0 Å². The molecule has 142 valence electrons. The number of aryl methyl sites for hydroxylation is 1. The molecule has 7 nitrogen and oxygen atoms in total. The summed E-state index contributed by atoms with van der Waals surface area (Å²) in [6.07, 6.45) is 4.04. The van der Waals surface area contributed by atoms with E-state index < -0.39 is 0 Å². The maximum absolute atomic E-state index is 13.0. The molecule has 4 heterocycles. The van der Waals surface area contributed by atoms with E-state index in [1.54, 1.807) is 29.0 Å². The smallest absolute Gasteiger partial charge is 0.266 e. The number of hydrogen-bond acceptors (Lipinski definition) is 5. The second kappa shape index (κ2) is 6.79. The van der Waals surface area contributed by atoms with E-state index in [4.69, 9.17) is 16.7 Å². The van der Waals surface area contributed by atoms with Crippen LogP contribution in [0.3, 0.4) is 0 Å². The van der Waals surface area contributed by atoms with Crippen molar-refractivity contribution < 1.29 is 0 Å². The van der Waals surface area contributed by atoms with Gasteiger partial charge in [0.25, 0.3) is 5.56 Å². The van der Waals surface area contributed by atoms with Crippen molar-refractivity contribution in [1.29, 1.82) is 0 Å². The fraction of sp³-hybridized carbons (Fsp3) is 0.0952. The van der Waals surface area contributed by atoms with Gasteiger partial charge in [-0.2, -0.15) is 5.10 Å². The Morgan fingerprint density at radius 1 is 1.03 bits per heavy atom. The number of fused-ring (bicyclic) bond motifs is 3. The van der Waals surface area contributed by atoms with Gasteiger partial charge in [-0.15, -0.1) is 10.2 Å². The second-order valence-electron chi connectivity index (χ2n) is 6.53. The fourth-order valence-corrected chi connectivity index (χ4v) is 3.55. The molecule has 5 aromatic rings. The van der Waals surface area contributed by atoms with E-state index in [1.165, 1.54) is 4.57 Å². The van der Waals surface area contributed by atoms with Crippen molar-refractivity contribution in [3.8, 4) is 16.9 Å². The molecule has 0 saturated heterocycles. The van der Waals surface area contributed by atoms with Crippen LogP contribution in [0.1, 0.15) is 12.6 Å². The van der Waals surface area contributed by atoms with Crippen molar-refractivity contribution in [2.45, 2.75) is 13.3 Å². The van der Waals surface area contributed by atoms with Crippen LogP contribution in [0.4, 0.5) is 0 Å². The second-order valence-corrected chi connectivity index (χ2v) is 6.97. The van der Waals surface area contributed by atoms with Gasteiger partial charge >= 0.3 is 0 Å². The molecular weight excluding hydrogens is 388 g/mol. The SMILES string of the molecule is CCc1nn2c(nnc3c(=O)n(-c4ccccn4)ccc32)c1-c1ccc(Cl)cc1. The molecule has 29 heavy (non-hydrogen) atoms. The summed E-state index contributed by atoms with van der Waals surface area (Å²) in [5, 5.41) is 14.0. The Balaban J connectivity index is 1.79. The topological polar surface area (TPSA) is 78.0 Å². The zero-order valence-corrected chi connectivity index (χ0v) is 16.2. The number of rotatable bonds is 3. The third-order valence-electron chi connectivity index (χ3n) is 4.82. The molecule has 4 aromatic heterocycles. The van der Waals surface area contributed by atoms with Crippen LogP contribution in [0.15, 0.2) is 65.7 Å². The summed E-state index contributed by atoms with van der Waals surface area (Å²) in [7, 11) is 0. The van der Waals surface area contributed by atoms with E-state index in [0.29, 0.717) is 28.4 Å². The van der Waals surface area contributed by atoms with Crippen molar-refractivity contribution in [2.24, 2.45) is 0 Å². The molecule has 0 aliphatic carbocycles. The average Bonchev–Trinajstić information content (AvgIpc) is 3.14. The number of halogens is 1. The summed E-state index contributed by atoms with van der Waals surface area (Å²) in [5.74, 6) is 0.526. The van der Waals surface area contributed by atoms with E-state index in [-0.39, 0.29) is 11.1 Å². The van der Waals surface area contributed by atoms with Crippen molar-refractivity contribution in [3.05, 3.63) is 82.0 Å². The van der Waals surface area contributed by atoms with Crippen molar-refractivity contribution >= 4 is 28.3 Å². The Bertz CT molecular complexity index is 1410. The first-order valence-corrected chi connectivity index (χ1v) is 9.52. The molecule has 0 amide bonds. The van der Waals surface area contributed by atoms with Crippen LogP contribution in [-0.2, 0) is 6.42 Å². The normalized spacial score (nSPS) is 11.4. The van der Waals surface area contributed by atoms with Crippen LogP contribution in [-0.4, -0.2) is 29.4 Å². The monoisotopic (exact) mass is 402 g/mol. The number of pyridine rings is 2. The molecule has 0 bridgehead atoms. The standard InChI is InChI=1S/C21H15ClN6O/c1-2-15-18(13-6-8-14(22)9-7-13)20-25-24-19-16(28(20)26-15)10-12-27(21(19)29)17-5-3-4-11-23-17/h3-12H,2H2,1H3. The Kier molecular flexibility index (Phi) is 4.10. The number of aromatic nitrogens is 6. The highest BCUT2D eigenvalue weighted by atomic mass is 35.5. The Hall–Kier alpha value is -3.58. The molecule has 0 N–H and O–H groups in total. The average molecular weight is 403 g/mol. The lowest BCUT2D eigenvalue weighted by atomic mass is 10.0. The molecular formula is C21H15ClN6O. The van der Waals surface area contributed by atoms with Crippen LogP contribution in [0.2, 0.25) is 5.02 Å². The van der Waals surface area contributed by atoms with Gasteiger partial charge in [-0.3, -0.25) is 9.36 Å². The van der Waals surface area contributed by atoms with E-state index in [0.717, 1.165) is 16.8 Å². The fourth-order valence-electron chi connectivity index (χ4n) is 3.43. The van der Waals surface area contributed by atoms with E-state index in [2.05, 4.69) is 15.2 Å². The molecule has 8 heteroatoms. The molecule has 1 aromatic carbocycles. The first-order chi connectivity index (χ1) is 14.2. The minimum absolute atomic E-state index is 0.235. The maximum atomic E-state index is 13.0. The molecule has 0 atom stereocenters. The van der Waals surface area contributed by atoms with Gasteiger partial charge in [0.1, 0.15) is 11.3 Å². The van der Waals surface area contributed by atoms with E-state index >= 15 is 0 Å². The number of nitrogens with zero attached hydrogens (tertiary/aromatic N) is 6. The highest BCUT2D eigenvalue weighted by Crippen LogP contribution is 2.29. The van der Waals surface area contributed by atoms with Gasteiger partial charge in [-0.05, 0) is 42.3 Å². The van der Waals surface area contributed by atoms with E-state index in [9.17, 15) is 4.79 Å². The lowest BCUT2D eigenvalue weighted by Gasteiger charge is -2.06. The molecule has 0 radical (unpaired) electrons. The molecule has 0 spiro atoms. The molecule has 0 aliphatic heterocycles. The van der Waals surface area contributed by atoms with Crippen LogP contribution < -0.4 is 5.56 Å². The van der Waals surface area contributed by atoms with Crippen LogP contribution >= 0.6 is 11.6 Å². The number of hydrogen-bond donors (Lipinski definition) is 0. The Morgan fingerprint density at radius 3 is 2.59 bits per heavy atom. The zero-order chi connectivity index (χ0) is 20.0. The summed E-state index contributed by atoms with van der Waals surface area (Å²) in [4.78, 5) is 17.2. The highest BCUT2D eigenvalue weighted by Gasteiger charge is 2.19. The van der Waals surface area contributed by atoms with Gasteiger partial charge in [0, 0.05) is 17.4 Å². The maximum Gasteiger partial charge on any atom is 0.286 e. The minimum atomic E-state index is -0.294. The summed E-state index contributed by atoms with van der Waals surface area (Å²) >= 11 is 6.03. The van der Waals surface area contributed by atoms with Gasteiger partial charge in [0.2, 0.25) is 0 Å². The number of benzene rings is 1.